The average molecular weight is 228 g/mol. The van der Waals surface area contributed by atoms with Crippen molar-refractivity contribution in [3.63, 3.8) is 0 Å². The van der Waals surface area contributed by atoms with Crippen LogP contribution in [0.25, 0.3) is 10.9 Å². The molecule has 0 bridgehead atoms. The summed E-state index contributed by atoms with van der Waals surface area (Å²) in [6, 6.07) is 6.33. The van der Waals surface area contributed by atoms with E-state index in [0.29, 0.717) is 0 Å². The number of fused-ring (bicyclic) bond motifs is 2. The number of methoxy groups -OCH3 is 1. The average Bonchev–Trinajstić information content (AvgIpc) is 2.36. The third-order valence-electron chi connectivity index (χ3n) is 3.32. The predicted molar refractivity (Wildman–Crippen MR) is 68.4 cm³/mol. The highest BCUT2D eigenvalue weighted by molar-refractivity contribution is 5.87. The van der Waals surface area contributed by atoms with Crippen molar-refractivity contribution >= 4 is 10.9 Å². The summed E-state index contributed by atoms with van der Waals surface area (Å²) in [5, 5.41) is 4.50. The summed E-state index contributed by atoms with van der Waals surface area (Å²) >= 11 is 0. The second kappa shape index (κ2) is 4.00. The van der Waals surface area contributed by atoms with E-state index in [0.717, 1.165) is 36.2 Å². The summed E-state index contributed by atoms with van der Waals surface area (Å²) in [7, 11) is 1.74. The summed E-state index contributed by atoms with van der Waals surface area (Å²) in [6.07, 6.45) is 0.982. The van der Waals surface area contributed by atoms with Gasteiger partial charge in [-0.2, -0.15) is 0 Å². The van der Waals surface area contributed by atoms with Crippen molar-refractivity contribution in [1.82, 2.24) is 10.3 Å². The van der Waals surface area contributed by atoms with Gasteiger partial charge >= 0.3 is 0 Å². The number of rotatable bonds is 1. The van der Waals surface area contributed by atoms with Gasteiger partial charge in [-0.25, -0.2) is 0 Å². The molecule has 1 aliphatic rings. The number of nitrogens with one attached hydrogen (secondary N) is 1. The second-order valence-corrected chi connectivity index (χ2v) is 4.52. The van der Waals surface area contributed by atoms with E-state index in [2.05, 4.69) is 30.4 Å². The van der Waals surface area contributed by atoms with E-state index in [1.54, 1.807) is 7.11 Å². The van der Waals surface area contributed by atoms with Gasteiger partial charge < -0.3 is 10.1 Å². The number of benzene rings is 1. The molecule has 2 aromatic rings. The molecule has 0 fully saturated rings. The fraction of sp³-hybridized carbons (Fsp3) is 0.357. The first-order valence-electron chi connectivity index (χ1n) is 5.96. The molecule has 0 aliphatic carbocycles. The third-order valence-corrected chi connectivity index (χ3v) is 3.32. The van der Waals surface area contributed by atoms with Gasteiger partial charge in [-0.3, -0.25) is 4.98 Å². The molecule has 0 saturated heterocycles. The van der Waals surface area contributed by atoms with Gasteiger partial charge in [0.2, 0.25) is 0 Å². The van der Waals surface area contributed by atoms with Crippen molar-refractivity contribution in [3.05, 3.63) is 35.0 Å². The summed E-state index contributed by atoms with van der Waals surface area (Å²) in [6.45, 7) is 3.95. The Hall–Kier alpha value is -1.61. The lowest BCUT2D eigenvalue weighted by Crippen LogP contribution is -2.25. The minimum Gasteiger partial charge on any atom is -0.496 e. The van der Waals surface area contributed by atoms with Gasteiger partial charge in [0.05, 0.1) is 18.3 Å². The lowest BCUT2D eigenvalue weighted by molar-refractivity contribution is 0.409. The molecule has 1 N–H and O–H groups in total. The molecule has 3 nitrogen and oxygen atoms in total. The Labute approximate surface area is 101 Å². The van der Waals surface area contributed by atoms with Crippen LogP contribution in [0.2, 0.25) is 0 Å². The first-order valence-corrected chi connectivity index (χ1v) is 5.96. The van der Waals surface area contributed by atoms with Gasteiger partial charge in [0.1, 0.15) is 5.75 Å². The van der Waals surface area contributed by atoms with Crippen molar-refractivity contribution in [3.8, 4) is 5.75 Å². The van der Waals surface area contributed by atoms with Gasteiger partial charge in [0.15, 0.2) is 0 Å². The van der Waals surface area contributed by atoms with Crippen LogP contribution < -0.4 is 10.1 Å². The predicted octanol–water partition coefficient (Wildman–Crippen LogP) is 2.20. The molecule has 0 atom stereocenters. The molecule has 1 aliphatic heterocycles. The molecule has 17 heavy (non-hydrogen) atoms. The SMILES string of the molecule is COc1c2c(nc3ccc(C)cc13)CCNC2. The van der Waals surface area contributed by atoms with Gasteiger partial charge in [-0.15, -0.1) is 0 Å². The highest BCUT2D eigenvalue weighted by atomic mass is 16.5. The zero-order chi connectivity index (χ0) is 11.8. The smallest absolute Gasteiger partial charge is 0.134 e. The van der Waals surface area contributed by atoms with Crippen LogP contribution in [0.4, 0.5) is 0 Å². The maximum absolute atomic E-state index is 5.60. The third kappa shape index (κ3) is 1.67. The van der Waals surface area contributed by atoms with Crippen LogP contribution in [0.15, 0.2) is 18.2 Å². The maximum atomic E-state index is 5.60. The van der Waals surface area contributed by atoms with E-state index >= 15 is 0 Å². The van der Waals surface area contributed by atoms with Gasteiger partial charge in [-0.05, 0) is 19.1 Å². The number of aryl methyl sites for hydroxylation is 1. The zero-order valence-corrected chi connectivity index (χ0v) is 10.2. The van der Waals surface area contributed by atoms with Crippen LogP contribution in [-0.4, -0.2) is 18.6 Å². The standard InChI is InChI=1S/C14H16N2O/c1-9-3-4-12-10(7-9)14(17-2)11-8-15-6-5-13(11)16-12/h3-4,7,15H,5-6,8H2,1-2H3. The highest BCUT2D eigenvalue weighted by Gasteiger charge is 2.18. The second-order valence-electron chi connectivity index (χ2n) is 4.52. The summed E-state index contributed by atoms with van der Waals surface area (Å²) in [5.41, 5.74) is 4.67. The fourth-order valence-corrected chi connectivity index (χ4v) is 2.48. The molecule has 1 aromatic carbocycles. The van der Waals surface area contributed by atoms with Crippen LogP contribution >= 0.6 is 0 Å². The molecule has 1 aromatic heterocycles. The summed E-state index contributed by atoms with van der Waals surface area (Å²) in [5.74, 6) is 0.987. The van der Waals surface area contributed by atoms with E-state index in [1.165, 1.54) is 16.8 Å². The normalized spacial score (nSPS) is 14.7. The Balaban J connectivity index is 2.35. The van der Waals surface area contributed by atoms with E-state index in [4.69, 9.17) is 9.72 Å². The van der Waals surface area contributed by atoms with Gasteiger partial charge in [0.25, 0.3) is 0 Å². The first-order chi connectivity index (χ1) is 8.29. The van der Waals surface area contributed by atoms with E-state index in [1.807, 2.05) is 0 Å². The number of aromatic nitrogens is 1. The number of ether oxygens (including phenoxy) is 1. The lowest BCUT2D eigenvalue weighted by atomic mass is 10.0. The van der Waals surface area contributed by atoms with Crippen LogP contribution in [0.5, 0.6) is 5.75 Å². The van der Waals surface area contributed by atoms with Crippen molar-refractivity contribution in [2.24, 2.45) is 0 Å². The largest absolute Gasteiger partial charge is 0.496 e. The molecule has 0 spiro atoms. The van der Waals surface area contributed by atoms with Crippen molar-refractivity contribution < 1.29 is 4.74 Å². The molecule has 88 valence electrons. The molecule has 3 rings (SSSR count). The van der Waals surface area contributed by atoms with E-state index in [9.17, 15) is 0 Å². The Bertz CT molecular complexity index is 578. The molecular weight excluding hydrogens is 212 g/mol. The van der Waals surface area contributed by atoms with Gasteiger partial charge in [-0.1, -0.05) is 11.6 Å². The number of pyridine rings is 1. The topological polar surface area (TPSA) is 34.1 Å². The minimum absolute atomic E-state index is 0.857. The zero-order valence-electron chi connectivity index (χ0n) is 10.2. The van der Waals surface area contributed by atoms with Crippen molar-refractivity contribution in [2.75, 3.05) is 13.7 Å². The summed E-state index contributed by atoms with van der Waals surface area (Å²) < 4.78 is 5.60. The minimum atomic E-state index is 0.857. The van der Waals surface area contributed by atoms with Gasteiger partial charge in [0, 0.05) is 30.5 Å². The van der Waals surface area contributed by atoms with Crippen molar-refractivity contribution in [1.29, 1.82) is 0 Å². The Morgan fingerprint density at radius 1 is 1.35 bits per heavy atom. The molecule has 0 saturated carbocycles. The molecule has 2 heterocycles. The first kappa shape index (κ1) is 10.5. The van der Waals surface area contributed by atoms with E-state index < -0.39 is 0 Å². The van der Waals surface area contributed by atoms with Crippen LogP contribution in [-0.2, 0) is 13.0 Å². The maximum Gasteiger partial charge on any atom is 0.134 e. The molecular formula is C14H16N2O. The molecule has 3 heteroatoms. The lowest BCUT2D eigenvalue weighted by Gasteiger charge is -2.20. The van der Waals surface area contributed by atoms with Crippen LogP contribution in [0, 0.1) is 6.92 Å². The Morgan fingerprint density at radius 2 is 2.24 bits per heavy atom. The quantitative estimate of drug-likeness (QED) is 0.812. The number of hydrogen-bond donors (Lipinski definition) is 1. The van der Waals surface area contributed by atoms with E-state index in [-0.39, 0.29) is 0 Å². The molecule has 0 unspecified atom stereocenters. The van der Waals surface area contributed by atoms with Crippen LogP contribution in [0.1, 0.15) is 16.8 Å². The number of nitrogens with zero attached hydrogens (tertiary/aromatic N) is 1. The molecule has 0 amide bonds. The summed E-state index contributed by atoms with van der Waals surface area (Å²) in [4.78, 5) is 4.75. The monoisotopic (exact) mass is 228 g/mol. The fourth-order valence-electron chi connectivity index (χ4n) is 2.48. The van der Waals surface area contributed by atoms with Crippen LogP contribution in [0.3, 0.4) is 0 Å². The Kier molecular flexibility index (Phi) is 2.48. The Morgan fingerprint density at radius 3 is 3.06 bits per heavy atom. The van der Waals surface area contributed by atoms with Crippen molar-refractivity contribution in [2.45, 2.75) is 19.9 Å². The highest BCUT2D eigenvalue weighted by Crippen LogP contribution is 2.32. The molecule has 0 radical (unpaired) electrons. The number of hydrogen-bond acceptors (Lipinski definition) is 3.